The molecule has 0 fully saturated rings. The number of ether oxygens (including phenoxy) is 3. The molecule has 3 rings (SSSR count). The standard InChI is InChI=1S/C19H17NO5S/c1-12(21)13-7-8-15(16(9-13)23-2)24-11-19(22)25-10-18-20-14-5-3-4-6-17(14)26-18/h3-9H,10-11H2,1-2H3. The Morgan fingerprint density at radius 2 is 1.92 bits per heavy atom. The fourth-order valence-electron chi connectivity index (χ4n) is 2.31. The first-order valence-electron chi connectivity index (χ1n) is 7.88. The first kappa shape index (κ1) is 17.9. The second kappa shape index (κ2) is 7.97. The highest BCUT2D eigenvalue weighted by molar-refractivity contribution is 7.18. The van der Waals surface area contributed by atoms with Gasteiger partial charge in [0.2, 0.25) is 0 Å². The predicted molar refractivity (Wildman–Crippen MR) is 97.9 cm³/mol. The zero-order chi connectivity index (χ0) is 18.5. The summed E-state index contributed by atoms with van der Waals surface area (Å²) in [6.07, 6.45) is 0. The van der Waals surface area contributed by atoms with Crippen LogP contribution in [0.15, 0.2) is 42.5 Å². The molecule has 0 bridgehead atoms. The van der Waals surface area contributed by atoms with Crippen LogP contribution in [0.2, 0.25) is 0 Å². The minimum atomic E-state index is -0.512. The molecule has 1 heterocycles. The maximum Gasteiger partial charge on any atom is 0.344 e. The molecule has 0 atom stereocenters. The van der Waals surface area contributed by atoms with Gasteiger partial charge in [0.25, 0.3) is 0 Å². The summed E-state index contributed by atoms with van der Waals surface area (Å²) in [7, 11) is 1.47. The third-order valence-electron chi connectivity index (χ3n) is 3.61. The summed E-state index contributed by atoms with van der Waals surface area (Å²) in [6.45, 7) is 1.30. The van der Waals surface area contributed by atoms with Crippen molar-refractivity contribution in [1.29, 1.82) is 0 Å². The van der Waals surface area contributed by atoms with Crippen molar-refractivity contribution in [3.05, 3.63) is 53.0 Å². The van der Waals surface area contributed by atoms with Gasteiger partial charge in [-0.2, -0.15) is 0 Å². The van der Waals surface area contributed by atoms with E-state index in [1.807, 2.05) is 24.3 Å². The van der Waals surface area contributed by atoms with E-state index < -0.39 is 5.97 Å². The highest BCUT2D eigenvalue weighted by Crippen LogP contribution is 2.28. The molecule has 7 heteroatoms. The van der Waals surface area contributed by atoms with Gasteiger partial charge in [0.1, 0.15) is 11.6 Å². The third-order valence-corrected chi connectivity index (χ3v) is 4.62. The number of thiazole rings is 1. The number of aromatic nitrogens is 1. The molecule has 0 saturated heterocycles. The number of rotatable bonds is 7. The fraction of sp³-hybridized carbons (Fsp3) is 0.211. The molecule has 0 unspecified atom stereocenters. The van der Waals surface area contributed by atoms with Crippen molar-refractivity contribution in [2.45, 2.75) is 13.5 Å². The topological polar surface area (TPSA) is 74.7 Å². The molecule has 134 valence electrons. The molecule has 3 aromatic rings. The zero-order valence-corrected chi connectivity index (χ0v) is 15.2. The first-order valence-corrected chi connectivity index (χ1v) is 8.70. The number of hydrogen-bond donors (Lipinski definition) is 0. The fourth-order valence-corrected chi connectivity index (χ4v) is 3.19. The normalized spacial score (nSPS) is 10.5. The van der Waals surface area contributed by atoms with Gasteiger partial charge in [-0.1, -0.05) is 12.1 Å². The van der Waals surface area contributed by atoms with Gasteiger partial charge < -0.3 is 14.2 Å². The Hall–Kier alpha value is -2.93. The molecule has 6 nitrogen and oxygen atoms in total. The van der Waals surface area contributed by atoms with Crippen LogP contribution in [0, 0.1) is 0 Å². The number of carbonyl (C=O) groups excluding carboxylic acids is 2. The van der Waals surface area contributed by atoms with Crippen molar-refractivity contribution in [2.24, 2.45) is 0 Å². The van der Waals surface area contributed by atoms with Crippen LogP contribution in [0.1, 0.15) is 22.3 Å². The highest BCUT2D eigenvalue weighted by atomic mass is 32.1. The van der Waals surface area contributed by atoms with Gasteiger partial charge in [0.05, 0.1) is 17.3 Å². The van der Waals surface area contributed by atoms with Crippen LogP contribution in [-0.2, 0) is 16.1 Å². The van der Waals surface area contributed by atoms with Crippen molar-refractivity contribution < 1.29 is 23.8 Å². The molecule has 0 spiro atoms. The number of Topliss-reactive ketones (excluding diaryl/α,β-unsaturated/α-hetero) is 1. The van der Waals surface area contributed by atoms with E-state index in [9.17, 15) is 9.59 Å². The van der Waals surface area contributed by atoms with E-state index >= 15 is 0 Å². The van der Waals surface area contributed by atoms with Crippen LogP contribution in [0.3, 0.4) is 0 Å². The number of para-hydroxylation sites is 1. The minimum Gasteiger partial charge on any atom is -0.493 e. The Kier molecular flexibility index (Phi) is 5.48. The van der Waals surface area contributed by atoms with Crippen LogP contribution < -0.4 is 9.47 Å². The number of ketones is 1. The summed E-state index contributed by atoms with van der Waals surface area (Å²) in [4.78, 5) is 27.7. The molecule has 0 saturated carbocycles. The van der Waals surface area contributed by atoms with Crippen LogP contribution in [-0.4, -0.2) is 30.5 Å². The van der Waals surface area contributed by atoms with Crippen molar-refractivity contribution in [3.63, 3.8) is 0 Å². The smallest absolute Gasteiger partial charge is 0.344 e. The third kappa shape index (κ3) is 4.18. The average Bonchev–Trinajstić information content (AvgIpc) is 3.07. The summed E-state index contributed by atoms with van der Waals surface area (Å²) < 4.78 is 16.9. The van der Waals surface area contributed by atoms with Gasteiger partial charge in [-0.3, -0.25) is 4.79 Å². The lowest BCUT2D eigenvalue weighted by molar-refractivity contribution is -0.147. The molecule has 0 aliphatic rings. The largest absolute Gasteiger partial charge is 0.493 e. The second-order valence-corrected chi connectivity index (χ2v) is 6.56. The summed E-state index contributed by atoms with van der Waals surface area (Å²) >= 11 is 1.48. The van der Waals surface area contributed by atoms with E-state index in [2.05, 4.69) is 4.98 Å². The molecular formula is C19H17NO5S. The minimum absolute atomic E-state index is 0.0786. The van der Waals surface area contributed by atoms with Crippen molar-refractivity contribution in [2.75, 3.05) is 13.7 Å². The van der Waals surface area contributed by atoms with Gasteiger partial charge in [0, 0.05) is 5.56 Å². The molecule has 1 aromatic heterocycles. The maximum atomic E-state index is 11.9. The van der Waals surface area contributed by atoms with Gasteiger partial charge in [-0.15, -0.1) is 11.3 Å². The second-order valence-electron chi connectivity index (χ2n) is 5.45. The summed E-state index contributed by atoms with van der Waals surface area (Å²) in [5.41, 5.74) is 1.39. The van der Waals surface area contributed by atoms with E-state index in [-0.39, 0.29) is 19.0 Å². The Labute approximate surface area is 154 Å². The van der Waals surface area contributed by atoms with Crippen LogP contribution in [0.5, 0.6) is 11.5 Å². The summed E-state index contributed by atoms with van der Waals surface area (Å²) in [5.74, 6) is 0.165. The number of hydrogen-bond acceptors (Lipinski definition) is 7. The van der Waals surface area contributed by atoms with Crippen molar-refractivity contribution in [3.8, 4) is 11.5 Å². The number of methoxy groups -OCH3 is 1. The Morgan fingerprint density at radius 1 is 1.12 bits per heavy atom. The number of benzene rings is 2. The Bertz CT molecular complexity index is 917. The van der Waals surface area contributed by atoms with Crippen LogP contribution >= 0.6 is 11.3 Å². The molecular weight excluding hydrogens is 354 g/mol. The molecule has 26 heavy (non-hydrogen) atoms. The molecule has 0 amide bonds. The number of esters is 1. The molecule has 0 aliphatic heterocycles. The SMILES string of the molecule is COc1cc(C(C)=O)ccc1OCC(=O)OCc1nc2ccccc2s1. The Morgan fingerprint density at radius 3 is 2.65 bits per heavy atom. The molecule has 0 N–H and O–H groups in total. The lowest BCUT2D eigenvalue weighted by atomic mass is 10.1. The van der Waals surface area contributed by atoms with E-state index in [0.717, 1.165) is 15.2 Å². The van der Waals surface area contributed by atoms with Gasteiger partial charge in [-0.25, -0.2) is 9.78 Å². The maximum absolute atomic E-state index is 11.9. The highest BCUT2D eigenvalue weighted by Gasteiger charge is 2.12. The number of carbonyl (C=O) groups is 2. The quantitative estimate of drug-likeness (QED) is 0.466. The van der Waals surface area contributed by atoms with E-state index in [0.29, 0.717) is 17.1 Å². The van der Waals surface area contributed by atoms with E-state index in [1.54, 1.807) is 18.2 Å². The van der Waals surface area contributed by atoms with Gasteiger partial charge in [0.15, 0.2) is 23.9 Å². The molecule has 0 aliphatic carbocycles. The lowest BCUT2D eigenvalue weighted by Gasteiger charge is -2.11. The lowest BCUT2D eigenvalue weighted by Crippen LogP contribution is -2.15. The monoisotopic (exact) mass is 371 g/mol. The first-order chi connectivity index (χ1) is 12.6. The Balaban J connectivity index is 1.56. The zero-order valence-electron chi connectivity index (χ0n) is 14.4. The number of fused-ring (bicyclic) bond motifs is 1. The van der Waals surface area contributed by atoms with E-state index in [4.69, 9.17) is 14.2 Å². The van der Waals surface area contributed by atoms with Crippen LogP contribution in [0.4, 0.5) is 0 Å². The number of nitrogens with zero attached hydrogens (tertiary/aromatic N) is 1. The predicted octanol–water partition coefficient (Wildman–Crippen LogP) is 3.63. The van der Waals surface area contributed by atoms with E-state index in [1.165, 1.54) is 25.4 Å². The van der Waals surface area contributed by atoms with Crippen molar-refractivity contribution in [1.82, 2.24) is 4.98 Å². The molecule has 0 radical (unpaired) electrons. The summed E-state index contributed by atoms with van der Waals surface area (Å²) in [6, 6.07) is 12.5. The average molecular weight is 371 g/mol. The van der Waals surface area contributed by atoms with Gasteiger partial charge >= 0.3 is 5.97 Å². The summed E-state index contributed by atoms with van der Waals surface area (Å²) in [5, 5.41) is 0.725. The van der Waals surface area contributed by atoms with Crippen LogP contribution in [0.25, 0.3) is 10.2 Å². The van der Waals surface area contributed by atoms with Gasteiger partial charge in [-0.05, 0) is 37.3 Å². The molecule has 2 aromatic carbocycles. The van der Waals surface area contributed by atoms with Crippen molar-refractivity contribution >= 4 is 33.3 Å².